The number of urea groups is 1. The summed E-state index contributed by atoms with van der Waals surface area (Å²) in [5.41, 5.74) is 1.80. The normalized spacial score (nSPS) is 20.5. The van der Waals surface area contributed by atoms with Crippen molar-refractivity contribution in [3.8, 4) is 6.07 Å². The average Bonchev–Trinajstić information content (AvgIpc) is 3.09. The number of rotatable bonds is 5. The largest absolute Gasteiger partial charge is 0.337 e. The number of benzene rings is 1. The van der Waals surface area contributed by atoms with Gasteiger partial charge < -0.3 is 10.2 Å². The van der Waals surface area contributed by atoms with Crippen molar-refractivity contribution >= 4 is 17.8 Å². The summed E-state index contributed by atoms with van der Waals surface area (Å²) in [6.07, 6.45) is 2.48. The predicted octanol–water partition coefficient (Wildman–Crippen LogP) is 2.28. The Kier molecular flexibility index (Phi) is 6.00. The van der Waals surface area contributed by atoms with E-state index in [-0.39, 0.29) is 6.03 Å². The van der Waals surface area contributed by atoms with Crippen molar-refractivity contribution < 1.29 is 4.79 Å². The third-order valence-corrected chi connectivity index (χ3v) is 5.80. The molecule has 1 N–H and O–H groups in total. The zero-order valence-electron chi connectivity index (χ0n) is 13.9. The predicted molar refractivity (Wildman–Crippen MR) is 96.9 cm³/mol. The van der Waals surface area contributed by atoms with E-state index < -0.39 is 0 Å². The van der Waals surface area contributed by atoms with Crippen LogP contribution in [0.5, 0.6) is 0 Å². The van der Waals surface area contributed by atoms with Gasteiger partial charge in [-0.1, -0.05) is 18.2 Å². The molecular formula is C18H24N4OS. The summed E-state index contributed by atoms with van der Waals surface area (Å²) >= 11 is 1.75. The van der Waals surface area contributed by atoms with Crippen molar-refractivity contribution in [2.24, 2.45) is 0 Å². The Morgan fingerprint density at radius 3 is 3.08 bits per heavy atom. The number of nitriles is 1. The molecule has 0 aromatic heterocycles. The number of carbonyl (C=O) groups is 1. The SMILES string of the molecule is N#Cc1ccccc1CSCCNC(=O)N1CCN2CCC[C@H]2C1. The lowest BCUT2D eigenvalue weighted by Crippen LogP contribution is -2.54. The summed E-state index contributed by atoms with van der Waals surface area (Å²) in [6, 6.07) is 10.5. The molecule has 1 atom stereocenters. The Hall–Kier alpha value is -1.71. The number of hydrogen-bond acceptors (Lipinski definition) is 4. The smallest absolute Gasteiger partial charge is 0.317 e. The first kappa shape index (κ1) is 17.1. The van der Waals surface area contributed by atoms with Crippen molar-refractivity contribution in [1.29, 1.82) is 5.26 Å². The van der Waals surface area contributed by atoms with Crippen LogP contribution in [0.4, 0.5) is 4.79 Å². The van der Waals surface area contributed by atoms with Crippen molar-refractivity contribution in [2.75, 3.05) is 38.5 Å². The fourth-order valence-electron chi connectivity index (χ4n) is 3.45. The summed E-state index contributed by atoms with van der Waals surface area (Å²) < 4.78 is 0. The Balaban J connectivity index is 1.34. The highest BCUT2D eigenvalue weighted by Crippen LogP contribution is 2.21. The molecule has 2 aliphatic rings. The summed E-state index contributed by atoms with van der Waals surface area (Å²) in [6.45, 7) is 4.58. The molecule has 24 heavy (non-hydrogen) atoms. The molecular weight excluding hydrogens is 320 g/mol. The van der Waals surface area contributed by atoms with Crippen LogP contribution in [-0.2, 0) is 5.75 Å². The highest BCUT2D eigenvalue weighted by molar-refractivity contribution is 7.98. The van der Waals surface area contributed by atoms with Crippen molar-refractivity contribution in [1.82, 2.24) is 15.1 Å². The number of nitrogens with one attached hydrogen (secondary N) is 1. The van der Waals surface area contributed by atoms with E-state index in [9.17, 15) is 4.79 Å². The highest BCUT2D eigenvalue weighted by Gasteiger charge is 2.32. The third kappa shape index (κ3) is 4.22. The second-order valence-corrected chi connectivity index (χ2v) is 7.44. The van der Waals surface area contributed by atoms with Gasteiger partial charge in [-0.15, -0.1) is 0 Å². The van der Waals surface area contributed by atoms with E-state index in [4.69, 9.17) is 5.26 Å². The van der Waals surface area contributed by atoms with Gasteiger partial charge in [-0.3, -0.25) is 4.90 Å². The van der Waals surface area contributed by atoms with Crippen LogP contribution >= 0.6 is 11.8 Å². The molecule has 0 saturated carbocycles. The zero-order valence-corrected chi connectivity index (χ0v) is 14.7. The van der Waals surface area contributed by atoms with E-state index in [0.717, 1.165) is 42.3 Å². The van der Waals surface area contributed by atoms with Gasteiger partial charge in [0.2, 0.25) is 0 Å². The lowest BCUT2D eigenvalue weighted by Gasteiger charge is -2.37. The summed E-state index contributed by atoms with van der Waals surface area (Å²) in [5.74, 6) is 1.66. The molecule has 5 nitrogen and oxygen atoms in total. The van der Waals surface area contributed by atoms with Gasteiger partial charge in [0.05, 0.1) is 11.6 Å². The van der Waals surface area contributed by atoms with E-state index in [2.05, 4.69) is 16.3 Å². The molecule has 128 valence electrons. The van der Waals surface area contributed by atoms with Gasteiger partial charge in [-0.25, -0.2) is 4.79 Å². The Bertz CT molecular complexity index is 615. The van der Waals surface area contributed by atoms with Crippen LogP contribution in [-0.4, -0.2) is 60.3 Å². The Morgan fingerprint density at radius 2 is 2.21 bits per heavy atom. The summed E-state index contributed by atoms with van der Waals surface area (Å²) in [5, 5.41) is 12.1. The van der Waals surface area contributed by atoms with Crippen molar-refractivity contribution in [3.63, 3.8) is 0 Å². The van der Waals surface area contributed by atoms with Gasteiger partial charge >= 0.3 is 6.03 Å². The van der Waals surface area contributed by atoms with E-state index in [1.54, 1.807) is 11.8 Å². The lowest BCUT2D eigenvalue weighted by molar-refractivity contribution is 0.118. The Labute approximate surface area is 148 Å². The molecule has 1 aromatic carbocycles. The molecule has 6 heteroatoms. The number of nitrogens with zero attached hydrogens (tertiary/aromatic N) is 3. The molecule has 0 bridgehead atoms. The van der Waals surface area contributed by atoms with Crippen LogP contribution in [0, 0.1) is 11.3 Å². The van der Waals surface area contributed by atoms with Crippen LogP contribution in [0.25, 0.3) is 0 Å². The number of hydrogen-bond donors (Lipinski definition) is 1. The fourth-order valence-corrected chi connectivity index (χ4v) is 4.32. The second kappa shape index (κ2) is 8.41. The first-order valence-corrected chi connectivity index (χ1v) is 9.76. The average molecular weight is 344 g/mol. The van der Waals surface area contributed by atoms with Gasteiger partial charge in [-0.05, 0) is 31.0 Å². The zero-order chi connectivity index (χ0) is 16.8. The maximum Gasteiger partial charge on any atom is 0.317 e. The van der Waals surface area contributed by atoms with Crippen LogP contribution in [0.2, 0.25) is 0 Å². The fraction of sp³-hybridized carbons (Fsp3) is 0.556. The molecule has 1 aromatic rings. The molecule has 3 rings (SSSR count). The number of piperazine rings is 1. The van der Waals surface area contributed by atoms with Crippen LogP contribution in [0.15, 0.2) is 24.3 Å². The monoisotopic (exact) mass is 344 g/mol. The standard InChI is InChI=1S/C18H24N4OS/c19-12-15-4-1-2-5-16(15)14-24-11-7-20-18(23)22-10-9-21-8-3-6-17(21)13-22/h1-2,4-5,17H,3,6-11,13-14H2,(H,20,23)/t17-/m0/s1. The molecule has 0 spiro atoms. The molecule has 2 heterocycles. The minimum Gasteiger partial charge on any atom is -0.337 e. The van der Waals surface area contributed by atoms with E-state index in [1.807, 2.05) is 29.2 Å². The number of fused-ring (bicyclic) bond motifs is 1. The van der Waals surface area contributed by atoms with Gasteiger partial charge in [0.1, 0.15) is 0 Å². The van der Waals surface area contributed by atoms with Gasteiger partial charge in [0.15, 0.2) is 0 Å². The van der Waals surface area contributed by atoms with Gasteiger partial charge in [0.25, 0.3) is 0 Å². The minimum absolute atomic E-state index is 0.0691. The topological polar surface area (TPSA) is 59.4 Å². The maximum absolute atomic E-state index is 12.3. The summed E-state index contributed by atoms with van der Waals surface area (Å²) in [7, 11) is 0. The van der Waals surface area contributed by atoms with Gasteiger partial charge in [-0.2, -0.15) is 17.0 Å². The quantitative estimate of drug-likeness (QED) is 0.833. The first-order valence-electron chi connectivity index (χ1n) is 8.60. The van der Waals surface area contributed by atoms with E-state index in [0.29, 0.717) is 12.6 Å². The third-order valence-electron chi connectivity index (χ3n) is 4.79. The van der Waals surface area contributed by atoms with Crippen molar-refractivity contribution in [3.05, 3.63) is 35.4 Å². The lowest BCUT2D eigenvalue weighted by atomic mass is 10.1. The van der Waals surface area contributed by atoms with Crippen molar-refractivity contribution in [2.45, 2.75) is 24.6 Å². The minimum atomic E-state index is 0.0691. The number of thioether (sulfide) groups is 1. The van der Waals surface area contributed by atoms with E-state index in [1.165, 1.54) is 19.4 Å². The molecule has 0 radical (unpaired) electrons. The molecule has 2 amide bonds. The first-order chi connectivity index (χ1) is 11.8. The number of carbonyl (C=O) groups excluding carboxylic acids is 1. The van der Waals surface area contributed by atoms with Crippen LogP contribution < -0.4 is 5.32 Å². The Morgan fingerprint density at radius 1 is 1.33 bits per heavy atom. The molecule has 0 aliphatic carbocycles. The second-order valence-electron chi connectivity index (χ2n) is 6.33. The van der Waals surface area contributed by atoms with Crippen LogP contribution in [0.3, 0.4) is 0 Å². The van der Waals surface area contributed by atoms with E-state index >= 15 is 0 Å². The number of amides is 2. The van der Waals surface area contributed by atoms with Crippen LogP contribution in [0.1, 0.15) is 24.0 Å². The highest BCUT2D eigenvalue weighted by atomic mass is 32.2. The molecule has 2 saturated heterocycles. The molecule has 2 fully saturated rings. The molecule has 2 aliphatic heterocycles. The van der Waals surface area contributed by atoms with Gasteiger partial charge in [0, 0.05) is 43.7 Å². The summed E-state index contributed by atoms with van der Waals surface area (Å²) in [4.78, 5) is 16.7. The molecule has 0 unspecified atom stereocenters. The maximum atomic E-state index is 12.3.